The van der Waals surface area contributed by atoms with Gasteiger partial charge in [0.1, 0.15) is 11.7 Å². The number of hydrogen-bond acceptors (Lipinski definition) is 4. The van der Waals surface area contributed by atoms with Crippen molar-refractivity contribution in [3.05, 3.63) is 23.4 Å². The van der Waals surface area contributed by atoms with Crippen molar-refractivity contribution >= 4 is 5.91 Å². The third-order valence-corrected chi connectivity index (χ3v) is 3.53. The number of aromatic nitrogens is 1. The Morgan fingerprint density at radius 2 is 2.33 bits per heavy atom. The summed E-state index contributed by atoms with van der Waals surface area (Å²) in [6.45, 7) is 2.42. The number of nitrogens with zero attached hydrogens (tertiary/aromatic N) is 1. The number of ether oxygens (including phenoxy) is 1. The molecule has 5 heteroatoms. The number of rotatable bonds is 4. The molecule has 98 valence electrons. The second kappa shape index (κ2) is 5.35. The van der Waals surface area contributed by atoms with E-state index in [1.54, 1.807) is 12.3 Å². The van der Waals surface area contributed by atoms with Crippen molar-refractivity contribution in [1.29, 1.82) is 0 Å². The van der Waals surface area contributed by atoms with Gasteiger partial charge in [-0.05, 0) is 44.4 Å². The number of amides is 1. The maximum absolute atomic E-state index is 11.4. The lowest BCUT2D eigenvalue weighted by molar-refractivity contribution is 0.0985. The third-order valence-electron chi connectivity index (χ3n) is 3.53. The largest absolute Gasteiger partial charge is 0.473 e. The fourth-order valence-electron chi connectivity index (χ4n) is 2.49. The topological polar surface area (TPSA) is 91.2 Å². The summed E-state index contributed by atoms with van der Waals surface area (Å²) in [6.07, 6.45) is 4.80. The predicted octanol–water partition coefficient (Wildman–Crippen LogP) is 0.995. The van der Waals surface area contributed by atoms with E-state index in [9.17, 15) is 4.79 Å². The van der Waals surface area contributed by atoms with Gasteiger partial charge in [0.2, 0.25) is 5.88 Å². The highest BCUT2D eigenvalue weighted by Gasteiger charge is 2.29. The lowest BCUT2D eigenvalue weighted by Crippen LogP contribution is -2.29. The van der Waals surface area contributed by atoms with Gasteiger partial charge >= 0.3 is 0 Å². The van der Waals surface area contributed by atoms with E-state index in [4.69, 9.17) is 16.2 Å². The lowest BCUT2D eigenvalue weighted by atomic mass is 10.1. The quantitative estimate of drug-likeness (QED) is 0.832. The Morgan fingerprint density at radius 1 is 1.56 bits per heavy atom. The number of nitrogens with two attached hydrogens (primary N) is 2. The number of hydrogen-bond donors (Lipinski definition) is 2. The highest BCUT2D eigenvalue weighted by atomic mass is 16.5. The first-order valence-electron chi connectivity index (χ1n) is 6.25. The minimum Gasteiger partial charge on any atom is -0.473 e. The molecule has 1 amide bonds. The van der Waals surface area contributed by atoms with Crippen molar-refractivity contribution in [3.8, 4) is 5.88 Å². The van der Waals surface area contributed by atoms with E-state index in [2.05, 4.69) is 4.98 Å². The van der Waals surface area contributed by atoms with Crippen LogP contribution in [0.15, 0.2) is 12.3 Å². The van der Waals surface area contributed by atoms with Crippen molar-refractivity contribution < 1.29 is 9.53 Å². The van der Waals surface area contributed by atoms with E-state index in [0.29, 0.717) is 23.9 Å². The molecule has 2 rings (SSSR count). The van der Waals surface area contributed by atoms with Gasteiger partial charge in [0.25, 0.3) is 5.91 Å². The summed E-state index contributed by atoms with van der Waals surface area (Å²) in [6, 6.07) is 1.75. The highest BCUT2D eigenvalue weighted by Crippen LogP contribution is 2.30. The van der Waals surface area contributed by atoms with Crippen LogP contribution in [0.3, 0.4) is 0 Å². The summed E-state index contributed by atoms with van der Waals surface area (Å²) in [5, 5.41) is 0. The number of aryl methyl sites for hydroxylation is 1. The van der Waals surface area contributed by atoms with E-state index in [1.807, 2.05) is 6.92 Å². The maximum Gasteiger partial charge on any atom is 0.254 e. The summed E-state index contributed by atoms with van der Waals surface area (Å²) >= 11 is 0. The van der Waals surface area contributed by atoms with Crippen LogP contribution in [0.4, 0.5) is 0 Å². The van der Waals surface area contributed by atoms with Crippen LogP contribution in [0.5, 0.6) is 5.88 Å². The van der Waals surface area contributed by atoms with Gasteiger partial charge in [0, 0.05) is 12.1 Å². The van der Waals surface area contributed by atoms with Crippen molar-refractivity contribution in [2.45, 2.75) is 32.3 Å². The van der Waals surface area contributed by atoms with Crippen LogP contribution in [-0.2, 0) is 0 Å². The Labute approximate surface area is 107 Å². The van der Waals surface area contributed by atoms with Crippen LogP contribution in [0.2, 0.25) is 0 Å². The zero-order valence-corrected chi connectivity index (χ0v) is 10.6. The van der Waals surface area contributed by atoms with Gasteiger partial charge in [0.05, 0.1) is 0 Å². The number of carbonyl (C=O) groups is 1. The van der Waals surface area contributed by atoms with Crippen molar-refractivity contribution in [3.63, 3.8) is 0 Å². The van der Waals surface area contributed by atoms with Crippen LogP contribution < -0.4 is 16.2 Å². The second-order valence-electron chi connectivity index (χ2n) is 4.76. The molecule has 1 aliphatic rings. The van der Waals surface area contributed by atoms with Gasteiger partial charge < -0.3 is 16.2 Å². The van der Waals surface area contributed by atoms with Crippen molar-refractivity contribution in [2.75, 3.05) is 6.54 Å². The van der Waals surface area contributed by atoms with Crippen molar-refractivity contribution in [1.82, 2.24) is 4.98 Å². The van der Waals surface area contributed by atoms with Crippen molar-refractivity contribution in [2.24, 2.45) is 17.4 Å². The Bertz CT molecular complexity index is 448. The summed E-state index contributed by atoms with van der Waals surface area (Å²) < 4.78 is 5.86. The number of carbonyl (C=O) groups excluding carboxylic acids is 1. The molecule has 1 aliphatic carbocycles. The fourth-order valence-corrected chi connectivity index (χ4v) is 2.49. The SMILES string of the molecule is Cc1ccnc(OC2CCCC2CN)c1C(N)=O. The third kappa shape index (κ3) is 2.46. The van der Waals surface area contributed by atoms with Crippen LogP contribution in [0, 0.1) is 12.8 Å². The lowest BCUT2D eigenvalue weighted by Gasteiger charge is -2.20. The molecule has 2 unspecified atom stereocenters. The zero-order valence-electron chi connectivity index (χ0n) is 10.6. The minimum absolute atomic E-state index is 0.0439. The van der Waals surface area contributed by atoms with Gasteiger partial charge in [0.15, 0.2) is 0 Å². The van der Waals surface area contributed by atoms with E-state index in [0.717, 1.165) is 24.8 Å². The van der Waals surface area contributed by atoms with Gasteiger partial charge in [-0.3, -0.25) is 4.79 Å². The van der Waals surface area contributed by atoms with Crippen LogP contribution in [0.25, 0.3) is 0 Å². The van der Waals surface area contributed by atoms with E-state index in [-0.39, 0.29) is 6.10 Å². The molecular weight excluding hydrogens is 230 g/mol. The summed E-state index contributed by atoms with van der Waals surface area (Å²) in [5.41, 5.74) is 12.2. The summed E-state index contributed by atoms with van der Waals surface area (Å²) in [4.78, 5) is 15.6. The Kier molecular flexibility index (Phi) is 3.81. The molecule has 1 aromatic rings. The predicted molar refractivity (Wildman–Crippen MR) is 68.3 cm³/mol. The normalized spacial score (nSPS) is 23.0. The highest BCUT2D eigenvalue weighted by molar-refractivity contribution is 5.96. The Hall–Kier alpha value is -1.62. The van der Waals surface area contributed by atoms with Crippen LogP contribution in [0.1, 0.15) is 35.2 Å². The first kappa shape index (κ1) is 12.8. The maximum atomic E-state index is 11.4. The molecule has 4 N–H and O–H groups in total. The molecule has 1 heterocycles. The number of pyridine rings is 1. The fraction of sp³-hybridized carbons (Fsp3) is 0.538. The van der Waals surface area contributed by atoms with Crippen LogP contribution in [-0.4, -0.2) is 23.5 Å². The molecule has 0 bridgehead atoms. The second-order valence-corrected chi connectivity index (χ2v) is 4.76. The molecule has 1 saturated carbocycles. The average Bonchev–Trinajstić information content (AvgIpc) is 2.76. The van der Waals surface area contributed by atoms with E-state index in [1.165, 1.54) is 0 Å². The van der Waals surface area contributed by atoms with Gasteiger partial charge in [-0.2, -0.15) is 0 Å². The summed E-state index contributed by atoms with van der Waals surface area (Å²) in [7, 11) is 0. The molecule has 2 atom stereocenters. The molecule has 0 aromatic carbocycles. The first-order chi connectivity index (χ1) is 8.63. The molecule has 1 fully saturated rings. The Balaban J connectivity index is 2.23. The molecule has 0 radical (unpaired) electrons. The molecule has 18 heavy (non-hydrogen) atoms. The smallest absolute Gasteiger partial charge is 0.254 e. The standard InChI is InChI=1S/C13H19N3O2/c1-8-5-6-16-13(11(8)12(15)17)18-10-4-2-3-9(10)7-14/h5-6,9-10H,2-4,7,14H2,1H3,(H2,15,17). The summed E-state index contributed by atoms with van der Waals surface area (Å²) in [5.74, 6) is 0.179. The minimum atomic E-state index is -0.502. The molecular formula is C13H19N3O2. The molecule has 1 aromatic heterocycles. The zero-order chi connectivity index (χ0) is 13.1. The van der Waals surface area contributed by atoms with Crippen LogP contribution >= 0.6 is 0 Å². The molecule has 0 saturated heterocycles. The van der Waals surface area contributed by atoms with Gasteiger partial charge in [-0.1, -0.05) is 0 Å². The average molecular weight is 249 g/mol. The molecule has 0 aliphatic heterocycles. The van der Waals surface area contributed by atoms with E-state index < -0.39 is 5.91 Å². The first-order valence-corrected chi connectivity index (χ1v) is 6.25. The molecule has 0 spiro atoms. The number of primary amides is 1. The van der Waals surface area contributed by atoms with Gasteiger partial charge in [-0.25, -0.2) is 4.98 Å². The molecule has 5 nitrogen and oxygen atoms in total. The monoisotopic (exact) mass is 249 g/mol. The van der Waals surface area contributed by atoms with E-state index >= 15 is 0 Å². The Morgan fingerprint density at radius 3 is 3.00 bits per heavy atom. The van der Waals surface area contributed by atoms with Gasteiger partial charge in [-0.15, -0.1) is 0 Å².